The maximum absolute atomic E-state index is 13.4. The second-order valence-electron chi connectivity index (χ2n) is 5.74. The summed E-state index contributed by atoms with van der Waals surface area (Å²) in [4.78, 5) is 17.6. The Morgan fingerprint density at radius 1 is 1.43 bits per heavy atom. The Labute approximate surface area is 123 Å². The smallest absolute Gasteiger partial charge is 0.323 e. The van der Waals surface area contributed by atoms with Crippen LogP contribution >= 0.6 is 0 Å². The predicted octanol–water partition coefficient (Wildman–Crippen LogP) is 2.52. The summed E-state index contributed by atoms with van der Waals surface area (Å²) in [5.74, 6) is -0.423. The van der Waals surface area contributed by atoms with Gasteiger partial charge in [-0.1, -0.05) is 13.8 Å². The van der Waals surface area contributed by atoms with Crippen molar-refractivity contribution >= 4 is 17.0 Å². The molecule has 1 N–H and O–H groups in total. The first-order valence-electron chi connectivity index (χ1n) is 6.85. The largest absolute Gasteiger partial charge is 0.480 e. The fourth-order valence-electron chi connectivity index (χ4n) is 2.77. The third-order valence-corrected chi connectivity index (χ3v) is 3.49. The minimum Gasteiger partial charge on any atom is -0.480 e. The lowest BCUT2D eigenvalue weighted by Crippen LogP contribution is -2.28. The fraction of sp³-hybridized carbons (Fsp3) is 0.467. The Hall–Kier alpha value is -1.95. The molecule has 6 heteroatoms. The maximum Gasteiger partial charge on any atom is 0.323 e. The minimum absolute atomic E-state index is 0.0418. The highest BCUT2D eigenvalue weighted by Crippen LogP contribution is 2.29. The molecular weight excluding hydrogens is 273 g/mol. The average molecular weight is 293 g/mol. The Kier molecular flexibility index (Phi) is 4.27. The summed E-state index contributed by atoms with van der Waals surface area (Å²) in [5.41, 5.74) is 1.13. The molecule has 1 aromatic heterocycles. The number of imidazole rings is 1. The lowest BCUT2D eigenvalue weighted by molar-refractivity contribution is -0.137. The standard InChI is InChI=1S/C15H20FN3O2/c1-9(2)14(18(3)4)15-17-11-7-10(16)5-6-12(11)19(15)8-13(20)21/h5-7,9,14H,8H2,1-4H3,(H,20,21). The second kappa shape index (κ2) is 5.81. The van der Waals surface area contributed by atoms with E-state index in [1.165, 1.54) is 12.1 Å². The number of carboxylic acids is 1. The zero-order valence-corrected chi connectivity index (χ0v) is 12.7. The lowest BCUT2D eigenvalue weighted by atomic mass is 10.0. The van der Waals surface area contributed by atoms with Gasteiger partial charge in [0.15, 0.2) is 0 Å². The van der Waals surface area contributed by atoms with Gasteiger partial charge in [0.05, 0.1) is 17.1 Å². The Balaban J connectivity index is 2.67. The molecule has 0 fully saturated rings. The van der Waals surface area contributed by atoms with Gasteiger partial charge >= 0.3 is 5.97 Å². The molecule has 0 saturated carbocycles. The number of aromatic nitrogens is 2. The molecule has 0 aliphatic rings. The van der Waals surface area contributed by atoms with Crippen LogP contribution in [0.15, 0.2) is 18.2 Å². The number of hydrogen-bond acceptors (Lipinski definition) is 3. The highest BCUT2D eigenvalue weighted by atomic mass is 19.1. The van der Waals surface area contributed by atoms with Crippen molar-refractivity contribution in [2.45, 2.75) is 26.4 Å². The Morgan fingerprint density at radius 2 is 2.10 bits per heavy atom. The number of halogens is 1. The van der Waals surface area contributed by atoms with E-state index in [4.69, 9.17) is 5.11 Å². The summed E-state index contributed by atoms with van der Waals surface area (Å²) < 4.78 is 15.0. The van der Waals surface area contributed by atoms with Crippen molar-refractivity contribution in [1.82, 2.24) is 14.5 Å². The molecule has 5 nitrogen and oxygen atoms in total. The first kappa shape index (κ1) is 15.4. The monoisotopic (exact) mass is 293 g/mol. The van der Waals surface area contributed by atoms with E-state index in [0.717, 1.165) is 0 Å². The third-order valence-electron chi connectivity index (χ3n) is 3.49. The van der Waals surface area contributed by atoms with E-state index in [1.807, 2.05) is 19.0 Å². The first-order valence-corrected chi connectivity index (χ1v) is 6.85. The van der Waals surface area contributed by atoms with E-state index in [9.17, 15) is 9.18 Å². The number of benzene rings is 1. The third kappa shape index (κ3) is 3.05. The zero-order chi connectivity index (χ0) is 15.7. The van der Waals surface area contributed by atoms with Crippen molar-refractivity contribution in [3.63, 3.8) is 0 Å². The highest BCUT2D eigenvalue weighted by molar-refractivity contribution is 5.78. The number of carboxylic acid groups (broad SMARTS) is 1. The van der Waals surface area contributed by atoms with Gasteiger partial charge in [-0.3, -0.25) is 9.69 Å². The molecule has 0 bridgehead atoms. The highest BCUT2D eigenvalue weighted by Gasteiger charge is 2.26. The van der Waals surface area contributed by atoms with Crippen LogP contribution < -0.4 is 0 Å². The van der Waals surface area contributed by atoms with Crippen molar-refractivity contribution in [1.29, 1.82) is 0 Å². The number of nitrogens with zero attached hydrogens (tertiary/aromatic N) is 3. The van der Waals surface area contributed by atoms with E-state index < -0.39 is 5.97 Å². The van der Waals surface area contributed by atoms with Crippen LogP contribution in [0.5, 0.6) is 0 Å². The van der Waals surface area contributed by atoms with Crippen LogP contribution in [0.3, 0.4) is 0 Å². The second-order valence-corrected chi connectivity index (χ2v) is 5.74. The molecule has 0 amide bonds. The van der Waals surface area contributed by atoms with E-state index >= 15 is 0 Å². The summed E-state index contributed by atoms with van der Waals surface area (Å²) in [7, 11) is 3.85. The molecule has 0 radical (unpaired) electrons. The molecule has 0 aliphatic carbocycles. The van der Waals surface area contributed by atoms with Crippen molar-refractivity contribution in [2.75, 3.05) is 14.1 Å². The van der Waals surface area contributed by atoms with Crippen molar-refractivity contribution < 1.29 is 14.3 Å². The number of aliphatic carboxylic acids is 1. The summed E-state index contributed by atoms with van der Waals surface area (Å²) in [6, 6.07) is 4.20. The van der Waals surface area contributed by atoms with E-state index in [2.05, 4.69) is 18.8 Å². The molecule has 1 heterocycles. The van der Waals surface area contributed by atoms with Crippen LogP contribution in [-0.2, 0) is 11.3 Å². The number of rotatable bonds is 5. The summed E-state index contributed by atoms with van der Waals surface area (Å²) in [5, 5.41) is 9.15. The average Bonchev–Trinajstić information content (AvgIpc) is 2.65. The first-order chi connectivity index (χ1) is 9.81. The van der Waals surface area contributed by atoms with Crippen molar-refractivity contribution in [2.24, 2.45) is 5.92 Å². The van der Waals surface area contributed by atoms with Crippen molar-refractivity contribution in [3.8, 4) is 0 Å². The molecular formula is C15H20FN3O2. The fourth-order valence-corrected chi connectivity index (χ4v) is 2.77. The summed E-state index contributed by atoms with van der Waals surface area (Å²) in [6.07, 6.45) is 0. The van der Waals surface area contributed by atoms with E-state index in [0.29, 0.717) is 16.9 Å². The van der Waals surface area contributed by atoms with Crippen LogP contribution in [0.1, 0.15) is 25.7 Å². The topological polar surface area (TPSA) is 58.4 Å². The van der Waals surface area contributed by atoms with Gasteiger partial charge in [0.1, 0.15) is 18.2 Å². The minimum atomic E-state index is -0.943. The Morgan fingerprint density at radius 3 is 2.62 bits per heavy atom. The molecule has 21 heavy (non-hydrogen) atoms. The van der Waals surface area contributed by atoms with Gasteiger partial charge in [-0.25, -0.2) is 9.37 Å². The lowest BCUT2D eigenvalue weighted by Gasteiger charge is -2.27. The van der Waals surface area contributed by atoms with E-state index in [-0.39, 0.29) is 24.3 Å². The van der Waals surface area contributed by atoms with Crippen LogP contribution in [0.25, 0.3) is 11.0 Å². The predicted molar refractivity (Wildman–Crippen MR) is 78.6 cm³/mol. The van der Waals surface area contributed by atoms with Crippen LogP contribution in [0.4, 0.5) is 4.39 Å². The molecule has 0 aliphatic heterocycles. The van der Waals surface area contributed by atoms with Gasteiger partial charge in [-0.15, -0.1) is 0 Å². The van der Waals surface area contributed by atoms with Gasteiger partial charge < -0.3 is 9.67 Å². The Bertz CT molecular complexity index is 656. The van der Waals surface area contributed by atoms with E-state index in [1.54, 1.807) is 10.6 Å². The quantitative estimate of drug-likeness (QED) is 0.920. The molecule has 1 atom stereocenters. The van der Waals surface area contributed by atoms with Gasteiger partial charge in [-0.2, -0.15) is 0 Å². The van der Waals surface area contributed by atoms with Gasteiger partial charge in [0.2, 0.25) is 0 Å². The molecule has 2 rings (SSSR count). The number of carbonyl (C=O) groups is 1. The molecule has 1 unspecified atom stereocenters. The van der Waals surface area contributed by atoms with Crippen LogP contribution in [0, 0.1) is 11.7 Å². The van der Waals surface area contributed by atoms with Crippen LogP contribution in [-0.4, -0.2) is 39.6 Å². The summed E-state index contributed by atoms with van der Waals surface area (Å²) >= 11 is 0. The molecule has 1 aromatic carbocycles. The van der Waals surface area contributed by atoms with Gasteiger partial charge in [0.25, 0.3) is 0 Å². The summed E-state index contributed by atoms with van der Waals surface area (Å²) in [6.45, 7) is 3.92. The van der Waals surface area contributed by atoms with Gasteiger partial charge in [-0.05, 0) is 32.1 Å². The maximum atomic E-state index is 13.4. The molecule has 0 saturated heterocycles. The van der Waals surface area contributed by atoms with Crippen molar-refractivity contribution in [3.05, 3.63) is 29.8 Å². The number of hydrogen-bond donors (Lipinski definition) is 1. The van der Waals surface area contributed by atoms with Crippen LogP contribution in [0.2, 0.25) is 0 Å². The van der Waals surface area contributed by atoms with Gasteiger partial charge in [0, 0.05) is 6.07 Å². The zero-order valence-electron chi connectivity index (χ0n) is 12.7. The SMILES string of the molecule is CC(C)C(c1nc2cc(F)ccc2n1CC(=O)O)N(C)C. The molecule has 0 spiro atoms. The molecule has 2 aromatic rings. The normalized spacial score (nSPS) is 13.3. The molecule has 114 valence electrons. The number of fused-ring (bicyclic) bond motifs is 1.